The number of ether oxygens (including phenoxy) is 1. The fraction of sp³-hybridized carbons (Fsp3) is 0.429. The largest absolute Gasteiger partial charge is 0.480 e. The van der Waals surface area contributed by atoms with Gasteiger partial charge >= 0.3 is 12.0 Å². The molecule has 0 bridgehead atoms. The lowest BCUT2D eigenvalue weighted by atomic mass is 10.1. The Hall–Kier alpha value is -1.79. The van der Waals surface area contributed by atoms with Crippen LogP contribution < -0.4 is 10.6 Å². The molecule has 1 unspecified atom stereocenters. The topological polar surface area (TPSA) is 87.7 Å². The van der Waals surface area contributed by atoms with E-state index in [0.717, 1.165) is 5.56 Å². The Morgan fingerprint density at radius 2 is 2.14 bits per heavy atom. The number of carbonyl (C=O) groups excluding carboxylic acids is 1. The molecule has 0 radical (unpaired) electrons. The van der Waals surface area contributed by atoms with Crippen molar-refractivity contribution in [1.82, 2.24) is 5.32 Å². The fourth-order valence-electron chi connectivity index (χ4n) is 1.75. The Morgan fingerprint density at radius 3 is 2.76 bits per heavy atom. The van der Waals surface area contributed by atoms with Gasteiger partial charge in [-0.1, -0.05) is 17.7 Å². The van der Waals surface area contributed by atoms with Crippen LogP contribution in [-0.2, 0) is 9.53 Å². The highest BCUT2D eigenvalue weighted by molar-refractivity contribution is 6.31. The molecule has 1 aromatic rings. The van der Waals surface area contributed by atoms with E-state index >= 15 is 0 Å². The van der Waals surface area contributed by atoms with E-state index in [0.29, 0.717) is 30.2 Å². The van der Waals surface area contributed by atoms with Crippen molar-refractivity contribution in [3.8, 4) is 0 Å². The molecule has 0 saturated heterocycles. The van der Waals surface area contributed by atoms with Crippen molar-refractivity contribution in [3.05, 3.63) is 28.8 Å². The quantitative estimate of drug-likeness (QED) is 0.675. The average Bonchev–Trinajstić information content (AvgIpc) is 2.43. The molecule has 7 heteroatoms. The van der Waals surface area contributed by atoms with Crippen molar-refractivity contribution in [2.24, 2.45) is 0 Å². The average molecular weight is 315 g/mol. The molecule has 1 atom stereocenters. The predicted molar refractivity (Wildman–Crippen MR) is 80.9 cm³/mol. The molecule has 1 aromatic carbocycles. The van der Waals surface area contributed by atoms with E-state index in [9.17, 15) is 9.59 Å². The number of rotatable bonds is 7. The van der Waals surface area contributed by atoms with Gasteiger partial charge in [0.25, 0.3) is 0 Å². The van der Waals surface area contributed by atoms with Crippen LogP contribution in [-0.4, -0.2) is 36.9 Å². The van der Waals surface area contributed by atoms with Gasteiger partial charge in [-0.25, -0.2) is 9.59 Å². The maximum Gasteiger partial charge on any atom is 0.326 e. The Kier molecular flexibility index (Phi) is 6.98. The third kappa shape index (κ3) is 5.61. The van der Waals surface area contributed by atoms with Gasteiger partial charge in [-0.3, -0.25) is 0 Å². The summed E-state index contributed by atoms with van der Waals surface area (Å²) < 4.78 is 4.87. The molecule has 0 saturated carbocycles. The predicted octanol–water partition coefficient (Wildman–Crippen LogP) is 2.65. The standard InChI is InChI=1S/C14H19ClN2O4/c1-9-10(15)5-3-6-11(9)16-14(20)17-12(13(18)19)7-4-8-21-2/h3,5-6,12H,4,7-8H2,1-2H3,(H,18,19)(H2,16,17,20). The van der Waals surface area contributed by atoms with Gasteiger partial charge in [-0.05, 0) is 37.5 Å². The number of hydrogen-bond donors (Lipinski definition) is 3. The van der Waals surface area contributed by atoms with Crippen molar-refractivity contribution < 1.29 is 19.4 Å². The fourth-order valence-corrected chi connectivity index (χ4v) is 1.92. The van der Waals surface area contributed by atoms with Crippen molar-refractivity contribution in [1.29, 1.82) is 0 Å². The first-order chi connectivity index (χ1) is 9.95. The van der Waals surface area contributed by atoms with E-state index in [-0.39, 0.29) is 0 Å². The van der Waals surface area contributed by atoms with Crippen LogP contribution in [0.3, 0.4) is 0 Å². The summed E-state index contributed by atoms with van der Waals surface area (Å²) in [4.78, 5) is 23.0. The summed E-state index contributed by atoms with van der Waals surface area (Å²) in [5.74, 6) is -1.08. The molecule has 1 rings (SSSR count). The van der Waals surface area contributed by atoms with Gasteiger partial charge in [0, 0.05) is 24.4 Å². The molecule has 0 spiro atoms. The molecule has 0 aliphatic heterocycles. The van der Waals surface area contributed by atoms with Crippen molar-refractivity contribution in [3.63, 3.8) is 0 Å². The highest BCUT2D eigenvalue weighted by Gasteiger charge is 2.19. The van der Waals surface area contributed by atoms with Crippen LogP contribution in [0.5, 0.6) is 0 Å². The lowest BCUT2D eigenvalue weighted by Crippen LogP contribution is -2.43. The molecule has 0 fully saturated rings. The van der Waals surface area contributed by atoms with Gasteiger partial charge < -0.3 is 20.5 Å². The molecular weight excluding hydrogens is 296 g/mol. The van der Waals surface area contributed by atoms with Gasteiger partial charge in [0.2, 0.25) is 0 Å². The summed E-state index contributed by atoms with van der Waals surface area (Å²) in [6.45, 7) is 2.21. The van der Waals surface area contributed by atoms with Crippen molar-refractivity contribution in [2.75, 3.05) is 19.0 Å². The Balaban J connectivity index is 2.61. The van der Waals surface area contributed by atoms with Crippen LogP contribution in [0.2, 0.25) is 5.02 Å². The number of carboxylic acids is 1. The van der Waals surface area contributed by atoms with E-state index in [1.54, 1.807) is 25.1 Å². The monoisotopic (exact) mass is 314 g/mol. The molecule has 0 aromatic heterocycles. The number of methoxy groups -OCH3 is 1. The van der Waals surface area contributed by atoms with Gasteiger partial charge in [0.15, 0.2) is 0 Å². The molecule has 3 N–H and O–H groups in total. The second-order valence-electron chi connectivity index (χ2n) is 4.54. The maximum atomic E-state index is 11.9. The zero-order valence-corrected chi connectivity index (χ0v) is 12.7. The summed E-state index contributed by atoms with van der Waals surface area (Å²) >= 11 is 5.96. The minimum atomic E-state index is -1.08. The normalized spacial score (nSPS) is 11.8. The van der Waals surface area contributed by atoms with E-state index in [1.807, 2.05) is 0 Å². The highest BCUT2D eigenvalue weighted by atomic mass is 35.5. The second kappa shape index (κ2) is 8.49. The molecule has 6 nitrogen and oxygen atoms in total. The Labute approximate surface area is 128 Å². The first-order valence-corrected chi connectivity index (χ1v) is 6.88. The molecule has 0 heterocycles. The summed E-state index contributed by atoms with van der Waals surface area (Å²) in [6, 6.07) is 3.58. The van der Waals surface area contributed by atoms with E-state index in [1.165, 1.54) is 7.11 Å². The Bertz CT molecular complexity index is 508. The van der Waals surface area contributed by atoms with Crippen LogP contribution in [0, 0.1) is 6.92 Å². The van der Waals surface area contributed by atoms with Crippen LogP contribution in [0.1, 0.15) is 18.4 Å². The van der Waals surface area contributed by atoms with Crippen LogP contribution in [0.25, 0.3) is 0 Å². The van der Waals surface area contributed by atoms with E-state index < -0.39 is 18.0 Å². The lowest BCUT2D eigenvalue weighted by Gasteiger charge is -2.16. The number of nitrogens with one attached hydrogen (secondary N) is 2. The van der Waals surface area contributed by atoms with Crippen LogP contribution in [0.4, 0.5) is 10.5 Å². The minimum Gasteiger partial charge on any atom is -0.480 e. The van der Waals surface area contributed by atoms with E-state index in [4.69, 9.17) is 21.4 Å². The second-order valence-corrected chi connectivity index (χ2v) is 4.94. The summed E-state index contributed by atoms with van der Waals surface area (Å²) in [7, 11) is 1.54. The summed E-state index contributed by atoms with van der Waals surface area (Å²) in [6.07, 6.45) is 0.842. The number of benzene rings is 1. The van der Waals surface area contributed by atoms with Gasteiger partial charge in [-0.2, -0.15) is 0 Å². The van der Waals surface area contributed by atoms with Crippen molar-refractivity contribution >= 4 is 29.3 Å². The summed E-state index contributed by atoms with van der Waals surface area (Å²) in [5, 5.41) is 14.6. The maximum absolute atomic E-state index is 11.9. The molecule has 116 valence electrons. The van der Waals surface area contributed by atoms with Crippen molar-refractivity contribution in [2.45, 2.75) is 25.8 Å². The minimum absolute atomic E-state index is 0.297. The number of halogens is 1. The molecular formula is C14H19ClN2O4. The zero-order chi connectivity index (χ0) is 15.8. The molecule has 2 amide bonds. The number of carbonyl (C=O) groups is 2. The first-order valence-electron chi connectivity index (χ1n) is 6.50. The molecule has 21 heavy (non-hydrogen) atoms. The van der Waals surface area contributed by atoms with Crippen LogP contribution in [0.15, 0.2) is 18.2 Å². The number of aliphatic carboxylic acids is 1. The van der Waals surface area contributed by atoms with Crippen LogP contribution >= 0.6 is 11.6 Å². The molecule has 0 aliphatic rings. The van der Waals surface area contributed by atoms with Gasteiger partial charge in [0.05, 0.1) is 0 Å². The highest BCUT2D eigenvalue weighted by Crippen LogP contribution is 2.22. The SMILES string of the molecule is COCCCC(NC(=O)Nc1cccc(Cl)c1C)C(=O)O. The number of urea groups is 1. The first kappa shape index (κ1) is 17.3. The van der Waals surface area contributed by atoms with Gasteiger partial charge in [-0.15, -0.1) is 0 Å². The number of anilines is 1. The third-order valence-corrected chi connectivity index (χ3v) is 3.37. The van der Waals surface area contributed by atoms with Gasteiger partial charge in [0.1, 0.15) is 6.04 Å². The smallest absolute Gasteiger partial charge is 0.326 e. The Morgan fingerprint density at radius 1 is 1.43 bits per heavy atom. The zero-order valence-electron chi connectivity index (χ0n) is 12.0. The number of carboxylic acid groups (broad SMARTS) is 1. The number of hydrogen-bond acceptors (Lipinski definition) is 3. The number of amides is 2. The molecule has 0 aliphatic carbocycles. The summed E-state index contributed by atoms with van der Waals surface area (Å²) in [5.41, 5.74) is 1.27. The lowest BCUT2D eigenvalue weighted by molar-refractivity contribution is -0.139. The third-order valence-electron chi connectivity index (χ3n) is 2.96. The van der Waals surface area contributed by atoms with E-state index in [2.05, 4.69) is 10.6 Å².